The summed E-state index contributed by atoms with van der Waals surface area (Å²) in [6.45, 7) is 0.364. The smallest absolute Gasteiger partial charge is 0.293 e. The van der Waals surface area contributed by atoms with Crippen molar-refractivity contribution in [3.05, 3.63) is 16.6 Å². The van der Waals surface area contributed by atoms with Gasteiger partial charge < -0.3 is 4.74 Å². The molecule has 0 spiro atoms. The van der Waals surface area contributed by atoms with Crippen LogP contribution in [-0.4, -0.2) is 38.8 Å². The van der Waals surface area contributed by atoms with Gasteiger partial charge in [0.15, 0.2) is 11.2 Å². The fourth-order valence-corrected chi connectivity index (χ4v) is 2.18. The molecule has 0 amide bonds. The van der Waals surface area contributed by atoms with Crippen LogP contribution in [-0.2, 0) is 15.2 Å². The second-order valence-electron chi connectivity index (χ2n) is 3.41. The number of aromatic nitrogens is 1. The van der Waals surface area contributed by atoms with E-state index < -0.39 is 11.8 Å². The van der Waals surface area contributed by atoms with Crippen LogP contribution in [0.1, 0.15) is 5.69 Å². The van der Waals surface area contributed by atoms with Gasteiger partial charge >= 0.3 is 0 Å². The number of thiazole rings is 1. The summed E-state index contributed by atoms with van der Waals surface area (Å²) in [4.78, 5) is 4.15. The molecule has 2 heterocycles. The third-order valence-corrected chi connectivity index (χ3v) is 3.20. The number of hydrogen-bond donors (Lipinski definition) is 3. The molecule has 0 bridgehead atoms. The minimum absolute atomic E-state index is 0.364. The Hall–Kier alpha value is -0.570. The normalized spacial score (nSPS) is 28.4. The molecule has 0 aromatic carbocycles. The third kappa shape index (κ3) is 1.75. The first kappa shape index (κ1) is 11.9. The lowest BCUT2D eigenvalue weighted by molar-refractivity contribution is -0.230. The molecule has 1 saturated heterocycles. The van der Waals surface area contributed by atoms with Gasteiger partial charge in [0.1, 0.15) is 12.3 Å². The standard InChI is InChI=1S/C9H15N4O2S/c1-10-8(7-4-16-6-13-7)5-14-9(11-2,12-3)15-8/h4,10-12H,5H2,1-3H3. The van der Waals surface area contributed by atoms with E-state index in [0.717, 1.165) is 5.69 Å². The Morgan fingerprint density at radius 2 is 2.12 bits per heavy atom. The van der Waals surface area contributed by atoms with E-state index in [4.69, 9.17) is 9.47 Å². The average Bonchev–Trinajstić information content (AvgIpc) is 2.98. The van der Waals surface area contributed by atoms with Gasteiger partial charge in [0, 0.05) is 5.38 Å². The maximum absolute atomic E-state index is 5.90. The van der Waals surface area contributed by atoms with Crippen molar-refractivity contribution in [2.24, 2.45) is 0 Å². The number of nitrogens with zero attached hydrogens (tertiary/aromatic N) is 1. The van der Waals surface area contributed by atoms with E-state index in [9.17, 15) is 0 Å². The van der Waals surface area contributed by atoms with Crippen LogP contribution in [0.4, 0.5) is 0 Å². The number of likely N-dealkylation sites (N-methyl/N-ethyl adjacent to an activating group) is 1. The van der Waals surface area contributed by atoms with E-state index in [-0.39, 0.29) is 0 Å². The van der Waals surface area contributed by atoms with Crippen LogP contribution in [0.3, 0.4) is 0 Å². The molecule has 1 radical (unpaired) electrons. The van der Waals surface area contributed by atoms with Crippen LogP contribution in [0, 0.1) is 5.51 Å². The molecule has 1 fully saturated rings. The average molecular weight is 243 g/mol. The quantitative estimate of drug-likeness (QED) is 0.614. The van der Waals surface area contributed by atoms with Gasteiger partial charge in [0.05, 0.1) is 0 Å². The summed E-state index contributed by atoms with van der Waals surface area (Å²) >= 11 is 1.40. The van der Waals surface area contributed by atoms with Crippen molar-refractivity contribution in [2.75, 3.05) is 27.7 Å². The van der Waals surface area contributed by atoms with Crippen LogP contribution in [0.15, 0.2) is 5.38 Å². The first-order valence-electron chi connectivity index (χ1n) is 4.93. The van der Waals surface area contributed by atoms with Crippen molar-refractivity contribution in [3.8, 4) is 0 Å². The lowest BCUT2D eigenvalue weighted by Gasteiger charge is -2.30. The molecule has 7 heteroatoms. The third-order valence-electron chi connectivity index (χ3n) is 2.66. The largest absolute Gasteiger partial charge is 0.320 e. The molecule has 89 valence electrons. The number of ether oxygens (including phenoxy) is 2. The Labute approximate surface area is 98.4 Å². The molecule has 16 heavy (non-hydrogen) atoms. The van der Waals surface area contributed by atoms with Crippen molar-refractivity contribution in [2.45, 2.75) is 11.8 Å². The first-order chi connectivity index (χ1) is 7.70. The maximum Gasteiger partial charge on any atom is 0.293 e. The number of hydrogen-bond acceptors (Lipinski definition) is 7. The van der Waals surface area contributed by atoms with Crippen LogP contribution in [0.25, 0.3) is 0 Å². The van der Waals surface area contributed by atoms with Gasteiger partial charge in [-0.15, -0.1) is 11.3 Å². The van der Waals surface area contributed by atoms with Gasteiger partial charge in [-0.1, -0.05) is 0 Å². The Morgan fingerprint density at radius 3 is 2.56 bits per heavy atom. The van der Waals surface area contributed by atoms with Crippen LogP contribution in [0.5, 0.6) is 0 Å². The molecule has 1 aromatic heterocycles. The van der Waals surface area contributed by atoms with Crippen molar-refractivity contribution in [1.29, 1.82) is 0 Å². The summed E-state index contributed by atoms with van der Waals surface area (Å²) in [7, 11) is 5.33. The molecule has 3 N–H and O–H groups in total. The molecule has 1 aliphatic heterocycles. The van der Waals surface area contributed by atoms with E-state index in [1.807, 2.05) is 12.4 Å². The van der Waals surface area contributed by atoms with Gasteiger partial charge in [0.2, 0.25) is 0 Å². The van der Waals surface area contributed by atoms with E-state index >= 15 is 0 Å². The molecule has 2 rings (SSSR count). The van der Waals surface area contributed by atoms with Crippen molar-refractivity contribution in [1.82, 2.24) is 20.9 Å². The highest BCUT2D eigenvalue weighted by atomic mass is 32.1. The zero-order valence-electron chi connectivity index (χ0n) is 9.46. The van der Waals surface area contributed by atoms with Gasteiger partial charge in [0.25, 0.3) is 6.03 Å². The Balaban J connectivity index is 2.27. The Morgan fingerprint density at radius 1 is 1.38 bits per heavy atom. The minimum atomic E-state index is -0.980. The Kier molecular flexibility index (Phi) is 3.24. The second kappa shape index (κ2) is 4.36. The molecular formula is C9H15N4O2S. The fourth-order valence-electron chi connectivity index (χ4n) is 1.63. The second-order valence-corrected chi connectivity index (χ2v) is 4.06. The summed E-state index contributed by atoms with van der Waals surface area (Å²) in [6, 6.07) is -0.980. The van der Waals surface area contributed by atoms with Crippen LogP contribution in [0.2, 0.25) is 0 Å². The summed E-state index contributed by atoms with van der Waals surface area (Å²) in [5.74, 6) is 0. The van der Waals surface area contributed by atoms with Gasteiger partial charge in [-0.3, -0.25) is 20.7 Å². The topological polar surface area (TPSA) is 67.4 Å². The summed E-state index contributed by atoms with van der Waals surface area (Å²) < 4.78 is 11.5. The molecule has 6 nitrogen and oxygen atoms in total. The van der Waals surface area contributed by atoms with E-state index in [1.165, 1.54) is 11.3 Å². The molecular weight excluding hydrogens is 228 g/mol. The molecule has 1 aromatic rings. The number of rotatable bonds is 4. The molecule has 0 aliphatic carbocycles. The molecule has 1 atom stereocenters. The van der Waals surface area contributed by atoms with E-state index in [0.29, 0.717) is 6.61 Å². The zero-order chi connectivity index (χ0) is 11.6. The predicted molar refractivity (Wildman–Crippen MR) is 59.6 cm³/mol. The van der Waals surface area contributed by atoms with E-state index in [2.05, 4.69) is 26.4 Å². The minimum Gasteiger partial charge on any atom is -0.320 e. The summed E-state index contributed by atoms with van der Waals surface area (Å²) in [6.07, 6.45) is 0. The predicted octanol–water partition coefficient (Wildman–Crippen LogP) is -0.588. The van der Waals surface area contributed by atoms with Gasteiger partial charge in [-0.25, -0.2) is 4.98 Å². The highest BCUT2D eigenvalue weighted by Crippen LogP contribution is 2.33. The SMILES string of the molecule is CNC1(NC)OCC(NC)(c2cs[c]n2)O1. The molecule has 0 saturated carbocycles. The van der Waals surface area contributed by atoms with Crippen molar-refractivity contribution < 1.29 is 9.47 Å². The Bertz CT molecular complexity index is 341. The van der Waals surface area contributed by atoms with Crippen LogP contribution < -0.4 is 16.0 Å². The highest BCUT2D eigenvalue weighted by Gasteiger charge is 2.51. The van der Waals surface area contributed by atoms with Gasteiger partial charge in [-0.2, -0.15) is 0 Å². The number of nitrogens with one attached hydrogen (secondary N) is 3. The van der Waals surface area contributed by atoms with Gasteiger partial charge in [-0.05, 0) is 21.1 Å². The zero-order valence-corrected chi connectivity index (χ0v) is 10.3. The fraction of sp³-hybridized carbons (Fsp3) is 0.667. The molecule has 1 aliphatic rings. The monoisotopic (exact) mass is 243 g/mol. The van der Waals surface area contributed by atoms with Crippen molar-refractivity contribution >= 4 is 11.3 Å². The maximum atomic E-state index is 5.90. The first-order valence-corrected chi connectivity index (χ1v) is 5.81. The van der Waals surface area contributed by atoms with E-state index in [1.54, 1.807) is 14.1 Å². The van der Waals surface area contributed by atoms with Crippen molar-refractivity contribution in [3.63, 3.8) is 0 Å². The molecule has 1 unspecified atom stereocenters. The summed E-state index contributed by atoms with van der Waals surface area (Å²) in [5, 5.41) is 10.9. The lowest BCUT2D eigenvalue weighted by Crippen LogP contribution is -2.57. The van der Waals surface area contributed by atoms with Crippen LogP contribution >= 0.6 is 11.3 Å². The lowest BCUT2D eigenvalue weighted by atomic mass is 10.2. The summed E-state index contributed by atoms with van der Waals surface area (Å²) in [5.41, 5.74) is 2.84. The highest BCUT2D eigenvalue weighted by molar-refractivity contribution is 7.07.